The molecule has 2 aromatic rings. The molecular weight excluding hydrogens is 225 g/mol. The number of benzene rings is 2. The van der Waals surface area contributed by atoms with Crippen LogP contribution in [0.3, 0.4) is 0 Å². The minimum Gasteiger partial charge on any atom is -0.206 e. The first-order valence-electron chi connectivity index (χ1n) is 6.10. The fourth-order valence-electron chi connectivity index (χ4n) is 2.67. The first-order valence-corrected chi connectivity index (χ1v) is 6.10. The Morgan fingerprint density at radius 1 is 1.06 bits per heavy atom. The van der Waals surface area contributed by atoms with Crippen molar-refractivity contribution in [2.45, 2.75) is 19.3 Å². The van der Waals surface area contributed by atoms with Crippen LogP contribution >= 0.6 is 0 Å². The molecule has 0 amide bonds. The summed E-state index contributed by atoms with van der Waals surface area (Å²) in [4.78, 5) is 0. The maximum atomic E-state index is 14.0. The van der Waals surface area contributed by atoms with Gasteiger partial charge in [-0.1, -0.05) is 18.2 Å². The van der Waals surface area contributed by atoms with Gasteiger partial charge in [0.25, 0.3) is 0 Å². The van der Waals surface area contributed by atoms with Crippen LogP contribution in [-0.2, 0) is 12.8 Å². The largest absolute Gasteiger partial charge is 0.206 e. The Hall–Kier alpha value is -2.14. The molecule has 0 bridgehead atoms. The molecule has 0 spiro atoms. The van der Waals surface area contributed by atoms with E-state index >= 15 is 0 Å². The standard InChI is InChI=1S/C16H12FN/c17-16-8-7-11(10-18)9-15(16)14-6-2-4-12-3-1-5-13(12)14/h2,4,6-9H,1,3,5H2. The van der Waals surface area contributed by atoms with Crippen LogP contribution in [0, 0.1) is 17.1 Å². The minimum atomic E-state index is -0.255. The monoisotopic (exact) mass is 237 g/mol. The summed E-state index contributed by atoms with van der Waals surface area (Å²) in [6, 6.07) is 12.6. The molecule has 0 radical (unpaired) electrons. The lowest BCUT2D eigenvalue weighted by atomic mass is 9.95. The zero-order chi connectivity index (χ0) is 12.5. The quantitative estimate of drug-likeness (QED) is 0.739. The smallest absolute Gasteiger partial charge is 0.131 e. The predicted octanol–water partition coefficient (Wildman–Crippen LogP) is 3.85. The highest BCUT2D eigenvalue weighted by Gasteiger charge is 2.17. The third-order valence-corrected chi connectivity index (χ3v) is 3.53. The van der Waals surface area contributed by atoms with E-state index in [9.17, 15) is 4.39 Å². The van der Waals surface area contributed by atoms with Gasteiger partial charge in [-0.05, 0) is 54.2 Å². The molecule has 1 aliphatic rings. The van der Waals surface area contributed by atoms with Crippen LogP contribution in [-0.4, -0.2) is 0 Å². The van der Waals surface area contributed by atoms with Crippen molar-refractivity contribution in [3.63, 3.8) is 0 Å². The molecule has 18 heavy (non-hydrogen) atoms. The molecule has 0 heterocycles. The summed E-state index contributed by atoms with van der Waals surface area (Å²) in [7, 11) is 0. The Bertz CT molecular complexity index is 653. The van der Waals surface area contributed by atoms with Gasteiger partial charge in [-0.15, -0.1) is 0 Å². The second kappa shape index (κ2) is 4.27. The number of hydrogen-bond acceptors (Lipinski definition) is 1. The molecule has 0 aromatic heterocycles. The van der Waals surface area contributed by atoms with Crippen molar-refractivity contribution >= 4 is 0 Å². The van der Waals surface area contributed by atoms with Gasteiger partial charge in [-0.3, -0.25) is 0 Å². The fourth-order valence-corrected chi connectivity index (χ4v) is 2.67. The molecule has 0 unspecified atom stereocenters. The number of aryl methyl sites for hydroxylation is 1. The van der Waals surface area contributed by atoms with E-state index < -0.39 is 0 Å². The van der Waals surface area contributed by atoms with Gasteiger partial charge >= 0.3 is 0 Å². The highest BCUT2D eigenvalue weighted by molar-refractivity contribution is 5.71. The van der Waals surface area contributed by atoms with Crippen LogP contribution < -0.4 is 0 Å². The van der Waals surface area contributed by atoms with E-state index in [1.807, 2.05) is 12.1 Å². The van der Waals surface area contributed by atoms with Gasteiger partial charge in [0.1, 0.15) is 5.82 Å². The maximum absolute atomic E-state index is 14.0. The van der Waals surface area contributed by atoms with Gasteiger partial charge in [-0.25, -0.2) is 4.39 Å². The summed E-state index contributed by atoms with van der Waals surface area (Å²) in [6.07, 6.45) is 3.20. The lowest BCUT2D eigenvalue weighted by molar-refractivity contribution is 0.631. The van der Waals surface area contributed by atoms with Crippen LogP contribution in [0.4, 0.5) is 4.39 Å². The normalized spacial score (nSPS) is 13.1. The summed E-state index contributed by atoms with van der Waals surface area (Å²) < 4.78 is 14.0. The number of nitriles is 1. The van der Waals surface area contributed by atoms with Gasteiger partial charge in [0, 0.05) is 5.56 Å². The number of hydrogen-bond donors (Lipinski definition) is 0. The second-order valence-electron chi connectivity index (χ2n) is 4.60. The molecule has 3 rings (SSSR count). The molecule has 0 saturated carbocycles. The third kappa shape index (κ3) is 1.69. The molecule has 88 valence electrons. The van der Waals surface area contributed by atoms with Gasteiger partial charge in [0.15, 0.2) is 0 Å². The van der Waals surface area contributed by atoms with E-state index in [0.29, 0.717) is 11.1 Å². The fraction of sp³-hybridized carbons (Fsp3) is 0.188. The van der Waals surface area contributed by atoms with Gasteiger partial charge < -0.3 is 0 Å². The maximum Gasteiger partial charge on any atom is 0.131 e. The van der Waals surface area contributed by atoms with Crippen molar-refractivity contribution in [1.82, 2.24) is 0 Å². The van der Waals surface area contributed by atoms with E-state index in [2.05, 4.69) is 12.1 Å². The van der Waals surface area contributed by atoms with Gasteiger partial charge in [-0.2, -0.15) is 5.26 Å². The molecule has 1 aliphatic carbocycles. The number of nitrogens with zero attached hydrogens (tertiary/aromatic N) is 1. The topological polar surface area (TPSA) is 23.8 Å². The van der Waals surface area contributed by atoms with Crippen molar-refractivity contribution in [2.75, 3.05) is 0 Å². The number of rotatable bonds is 1. The van der Waals surface area contributed by atoms with Crippen molar-refractivity contribution in [3.8, 4) is 17.2 Å². The Kier molecular flexibility index (Phi) is 2.60. The highest BCUT2D eigenvalue weighted by Crippen LogP contribution is 2.33. The summed E-state index contributed by atoms with van der Waals surface area (Å²) >= 11 is 0. The van der Waals surface area contributed by atoms with Crippen molar-refractivity contribution < 1.29 is 4.39 Å². The zero-order valence-corrected chi connectivity index (χ0v) is 9.91. The molecule has 0 N–H and O–H groups in total. The average molecular weight is 237 g/mol. The Morgan fingerprint density at radius 3 is 2.78 bits per heavy atom. The number of fused-ring (bicyclic) bond motifs is 1. The summed E-state index contributed by atoms with van der Waals surface area (Å²) in [5.41, 5.74) is 4.55. The van der Waals surface area contributed by atoms with E-state index in [1.54, 1.807) is 6.07 Å². The molecule has 2 heteroatoms. The first-order chi connectivity index (χ1) is 8.79. The SMILES string of the molecule is N#Cc1ccc(F)c(-c2cccc3c2CCC3)c1. The van der Waals surface area contributed by atoms with Crippen LogP contribution in [0.1, 0.15) is 23.1 Å². The highest BCUT2D eigenvalue weighted by atomic mass is 19.1. The predicted molar refractivity (Wildman–Crippen MR) is 68.6 cm³/mol. The van der Waals surface area contributed by atoms with Crippen molar-refractivity contribution in [3.05, 3.63) is 58.9 Å². The molecule has 0 aliphatic heterocycles. The third-order valence-electron chi connectivity index (χ3n) is 3.53. The molecular formula is C16H12FN. The van der Waals surface area contributed by atoms with Crippen molar-refractivity contribution in [1.29, 1.82) is 5.26 Å². The molecule has 0 saturated heterocycles. The van der Waals surface area contributed by atoms with Crippen LogP contribution in [0.25, 0.3) is 11.1 Å². The zero-order valence-electron chi connectivity index (χ0n) is 9.91. The van der Waals surface area contributed by atoms with E-state index in [4.69, 9.17) is 5.26 Å². The van der Waals surface area contributed by atoms with Crippen molar-refractivity contribution in [2.24, 2.45) is 0 Å². The van der Waals surface area contributed by atoms with Gasteiger partial charge in [0.2, 0.25) is 0 Å². The second-order valence-corrected chi connectivity index (χ2v) is 4.60. The summed E-state index contributed by atoms with van der Waals surface area (Å²) in [5, 5.41) is 8.92. The summed E-state index contributed by atoms with van der Waals surface area (Å²) in [6.45, 7) is 0. The first kappa shape index (κ1) is 11.0. The Morgan fingerprint density at radius 2 is 1.94 bits per heavy atom. The lowest BCUT2D eigenvalue weighted by Gasteiger charge is -2.09. The Labute approximate surface area is 106 Å². The molecule has 0 atom stereocenters. The van der Waals surface area contributed by atoms with Crippen LogP contribution in [0.15, 0.2) is 36.4 Å². The van der Waals surface area contributed by atoms with E-state index in [0.717, 1.165) is 24.8 Å². The average Bonchev–Trinajstić information content (AvgIpc) is 2.87. The summed E-state index contributed by atoms with van der Waals surface area (Å²) in [5.74, 6) is -0.255. The molecule has 2 aromatic carbocycles. The van der Waals surface area contributed by atoms with E-state index in [1.165, 1.54) is 23.3 Å². The van der Waals surface area contributed by atoms with Crippen LogP contribution in [0.2, 0.25) is 0 Å². The molecule has 1 nitrogen and oxygen atoms in total. The number of halogens is 1. The van der Waals surface area contributed by atoms with E-state index in [-0.39, 0.29) is 5.82 Å². The Balaban J connectivity index is 2.22. The van der Waals surface area contributed by atoms with Crippen LogP contribution in [0.5, 0.6) is 0 Å². The van der Waals surface area contributed by atoms with Gasteiger partial charge in [0.05, 0.1) is 11.6 Å². The minimum absolute atomic E-state index is 0.255. The molecule has 0 fully saturated rings. The lowest BCUT2D eigenvalue weighted by Crippen LogP contribution is -1.92.